The summed E-state index contributed by atoms with van der Waals surface area (Å²) in [6, 6.07) is 17.3. The number of benzene rings is 2. The Labute approximate surface area is 196 Å². The van der Waals surface area contributed by atoms with Crippen LogP contribution in [0.4, 0.5) is 11.5 Å². The third kappa shape index (κ3) is 3.99. The largest absolute Gasteiger partial charge is 0.494 e. The number of ether oxygens (including phenoxy) is 2. The van der Waals surface area contributed by atoms with Gasteiger partial charge in [-0.15, -0.1) is 0 Å². The van der Waals surface area contributed by atoms with Crippen LogP contribution in [0.25, 0.3) is 22.2 Å². The fourth-order valence-corrected chi connectivity index (χ4v) is 4.26. The third-order valence-corrected chi connectivity index (χ3v) is 5.91. The van der Waals surface area contributed by atoms with Crippen LogP contribution in [-0.2, 0) is 4.74 Å². The lowest BCUT2D eigenvalue weighted by Crippen LogP contribution is -2.33. The molecule has 9 heteroatoms. The van der Waals surface area contributed by atoms with E-state index < -0.39 is 31.1 Å². The topological polar surface area (TPSA) is 122 Å². The molecule has 34 heavy (non-hydrogen) atoms. The summed E-state index contributed by atoms with van der Waals surface area (Å²) in [4.78, 5) is 8.97. The van der Waals surface area contributed by atoms with Gasteiger partial charge >= 0.3 is 0 Å². The maximum Gasteiger partial charge on any atom is 0.164 e. The Balaban J connectivity index is 1.62. The van der Waals surface area contributed by atoms with E-state index in [0.717, 1.165) is 28.0 Å². The molecule has 4 N–H and O–H groups in total. The smallest absolute Gasteiger partial charge is 0.164 e. The molecule has 0 radical (unpaired) electrons. The van der Waals surface area contributed by atoms with E-state index in [9.17, 15) is 15.3 Å². The Morgan fingerprint density at radius 3 is 2.47 bits per heavy atom. The van der Waals surface area contributed by atoms with Crippen molar-refractivity contribution in [3.05, 3.63) is 67.1 Å². The maximum atomic E-state index is 10.6. The molecular weight excluding hydrogens is 436 g/mol. The predicted octanol–water partition coefficient (Wildman–Crippen LogP) is 2.85. The minimum Gasteiger partial charge on any atom is -0.494 e. The van der Waals surface area contributed by atoms with Gasteiger partial charge in [-0.3, -0.25) is 0 Å². The summed E-state index contributed by atoms with van der Waals surface area (Å²) in [5.74, 6) is 1.36. The first-order chi connectivity index (χ1) is 16.6. The minimum absolute atomic E-state index is 0.404. The second-order valence-electron chi connectivity index (χ2n) is 8.05. The van der Waals surface area contributed by atoms with Crippen LogP contribution < -0.4 is 10.1 Å². The van der Waals surface area contributed by atoms with Crippen LogP contribution in [0.15, 0.2) is 67.1 Å². The second-order valence-corrected chi connectivity index (χ2v) is 8.05. The van der Waals surface area contributed by atoms with Gasteiger partial charge in [-0.2, -0.15) is 0 Å². The second kappa shape index (κ2) is 9.40. The molecule has 0 amide bonds. The molecule has 176 valence electrons. The van der Waals surface area contributed by atoms with Gasteiger partial charge in [0, 0.05) is 17.4 Å². The average Bonchev–Trinajstić information content (AvgIpc) is 3.39. The summed E-state index contributed by atoms with van der Waals surface area (Å²) in [6.45, 7) is 2.12. The van der Waals surface area contributed by atoms with E-state index in [-0.39, 0.29) is 0 Å². The number of nitrogens with zero attached hydrogens (tertiary/aromatic N) is 3. The number of hydrogen-bond acceptors (Lipinski definition) is 8. The Morgan fingerprint density at radius 1 is 1.03 bits per heavy atom. The summed E-state index contributed by atoms with van der Waals surface area (Å²) in [5, 5.41) is 34.6. The molecule has 9 nitrogen and oxygen atoms in total. The maximum absolute atomic E-state index is 10.6. The summed E-state index contributed by atoms with van der Waals surface area (Å²) in [6.07, 6.45) is -0.976. The van der Waals surface area contributed by atoms with Crippen LogP contribution in [0, 0.1) is 0 Å². The number of aliphatic hydroxyl groups excluding tert-OH is 3. The highest BCUT2D eigenvalue weighted by Gasteiger charge is 2.44. The highest BCUT2D eigenvalue weighted by atomic mass is 16.6. The van der Waals surface area contributed by atoms with Gasteiger partial charge in [0.15, 0.2) is 6.23 Å². The molecule has 0 unspecified atom stereocenters. The van der Waals surface area contributed by atoms with Crippen molar-refractivity contribution in [2.75, 3.05) is 18.5 Å². The van der Waals surface area contributed by atoms with Crippen molar-refractivity contribution in [1.29, 1.82) is 0 Å². The molecule has 1 saturated heterocycles. The molecule has 0 saturated carbocycles. The fourth-order valence-electron chi connectivity index (χ4n) is 4.26. The zero-order valence-corrected chi connectivity index (χ0v) is 18.6. The molecule has 2 aromatic heterocycles. The third-order valence-electron chi connectivity index (χ3n) is 5.91. The summed E-state index contributed by atoms with van der Waals surface area (Å²) >= 11 is 0. The lowest BCUT2D eigenvalue weighted by Gasteiger charge is -2.17. The van der Waals surface area contributed by atoms with E-state index in [1.807, 2.05) is 67.7 Å². The molecular formula is C25H26N4O5. The van der Waals surface area contributed by atoms with Gasteiger partial charge in [0.2, 0.25) is 0 Å². The zero-order chi connectivity index (χ0) is 23.7. The highest BCUT2D eigenvalue weighted by Crippen LogP contribution is 2.39. The minimum atomic E-state index is -1.23. The Hall–Kier alpha value is -3.50. The van der Waals surface area contributed by atoms with Crippen molar-refractivity contribution in [3.8, 4) is 16.9 Å². The molecule has 0 aliphatic carbocycles. The van der Waals surface area contributed by atoms with Gasteiger partial charge in [0.25, 0.3) is 0 Å². The molecule has 4 atom stereocenters. The summed E-state index contributed by atoms with van der Waals surface area (Å²) in [7, 11) is 0. The molecule has 1 fully saturated rings. The standard InChI is InChI=1S/C25H26N4O5/c1-2-33-17-10-8-16(9-11-17)28-23-20-18(15-6-4-3-5-7-15)12-29(24(20)27-14-26-23)25-22(32)21(31)19(13-30)34-25/h3-12,14,19,21-22,25,30-32H,2,13H2,1H3,(H,26,27,28)/t19-,21+,22+,25-/m1/s1. The lowest BCUT2D eigenvalue weighted by molar-refractivity contribution is -0.0508. The monoisotopic (exact) mass is 462 g/mol. The van der Waals surface area contributed by atoms with Crippen molar-refractivity contribution >= 4 is 22.5 Å². The van der Waals surface area contributed by atoms with Crippen molar-refractivity contribution in [1.82, 2.24) is 14.5 Å². The number of nitrogens with one attached hydrogen (secondary N) is 1. The van der Waals surface area contributed by atoms with E-state index in [1.165, 1.54) is 6.33 Å². The predicted molar refractivity (Wildman–Crippen MR) is 127 cm³/mol. The Kier molecular flexibility index (Phi) is 6.16. The number of hydrogen-bond donors (Lipinski definition) is 4. The number of rotatable bonds is 7. The van der Waals surface area contributed by atoms with Crippen molar-refractivity contribution in [2.45, 2.75) is 31.5 Å². The fraction of sp³-hybridized carbons (Fsp3) is 0.280. The van der Waals surface area contributed by atoms with Crippen LogP contribution in [-0.4, -0.2) is 61.4 Å². The normalized spacial score (nSPS) is 22.2. The zero-order valence-electron chi connectivity index (χ0n) is 18.6. The number of fused-ring (bicyclic) bond motifs is 1. The summed E-state index contributed by atoms with van der Waals surface area (Å²) < 4.78 is 13.0. The van der Waals surface area contributed by atoms with Gasteiger partial charge in [0.1, 0.15) is 41.9 Å². The van der Waals surface area contributed by atoms with Crippen molar-refractivity contribution in [3.63, 3.8) is 0 Å². The van der Waals surface area contributed by atoms with Crippen molar-refractivity contribution < 1.29 is 24.8 Å². The molecule has 5 rings (SSSR count). The van der Waals surface area contributed by atoms with Crippen LogP contribution in [0.3, 0.4) is 0 Å². The molecule has 0 spiro atoms. The van der Waals surface area contributed by atoms with Crippen molar-refractivity contribution in [2.24, 2.45) is 0 Å². The number of aromatic nitrogens is 3. The molecule has 4 aromatic rings. The van der Waals surface area contributed by atoms with Gasteiger partial charge in [0.05, 0.1) is 18.6 Å². The lowest BCUT2D eigenvalue weighted by atomic mass is 10.1. The van der Waals surface area contributed by atoms with Crippen LogP contribution >= 0.6 is 0 Å². The Morgan fingerprint density at radius 2 is 1.79 bits per heavy atom. The van der Waals surface area contributed by atoms with E-state index in [0.29, 0.717) is 18.1 Å². The van der Waals surface area contributed by atoms with Crippen LogP contribution in [0.1, 0.15) is 13.2 Å². The van der Waals surface area contributed by atoms with E-state index in [4.69, 9.17) is 9.47 Å². The summed E-state index contributed by atoms with van der Waals surface area (Å²) in [5.41, 5.74) is 3.12. The first-order valence-electron chi connectivity index (χ1n) is 11.1. The molecule has 3 heterocycles. The van der Waals surface area contributed by atoms with Crippen LogP contribution in [0.2, 0.25) is 0 Å². The average molecular weight is 463 g/mol. The molecule has 1 aliphatic heterocycles. The highest BCUT2D eigenvalue weighted by molar-refractivity contribution is 6.02. The van der Waals surface area contributed by atoms with Crippen LogP contribution in [0.5, 0.6) is 5.75 Å². The molecule has 0 bridgehead atoms. The van der Waals surface area contributed by atoms with Gasteiger partial charge in [-0.25, -0.2) is 9.97 Å². The van der Waals surface area contributed by atoms with E-state index in [1.54, 1.807) is 4.57 Å². The first-order valence-corrected chi connectivity index (χ1v) is 11.1. The quantitative estimate of drug-likeness (QED) is 0.331. The Bertz CT molecular complexity index is 1260. The number of anilines is 2. The van der Waals surface area contributed by atoms with Gasteiger partial charge in [-0.05, 0) is 36.8 Å². The molecule has 2 aromatic carbocycles. The van der Waals surface area contributed by atoms with Gasteiger partial charge < -0.3 is 34.7 Å². The first kappa shape index (κ1) is 22.3. The molecule has 1 aliphatic rings. The SMILES string of the molecule is CCOc1ccc(Nc2ncnc3c2c(-c2ccccc2)cn3[C@@H]2O[C@H](CO)[C@H](O)[C@@H]2O)cc1. The van der Waals surface area contributed by atoms with E-state index in [2.05, 4.69) is 15.3 Å². The van der Waals surface area contributed by atoms with Gasteiger partial charge in [-0.1, -0.05) is 30.3 Å². The number of aliphatic hydroxyl groups is 3. The van der Waals surface area contributed by atoms with E-state index >= 15 is 0 Å².